The van der Waals surface area contributed by atoms with Crippen molar-refractivity contribution in [2.24, 2.45) is 5.73 Å². The number of ether oxygens (including phenoxy) is 2. The molecule has 0 saturated heterocycles. The summed E-state index contributed by atoms with van der Waals surface area (Å²) in [6, 6.07) is 11.5. The Morgan fingerprint density at radius 1 is 1.10 bits per heavy atom. The van der Waals surface area contributed by atoms with Crippen molar-refractivity contribution in [1.29, 1.82) is 0 Å². The number of hydrogen-bond donors (Lipinski definition) is 1. The Labute approximate surface area is 127 Å². The maximum Gasteiger partial charge on any atom is 0.141 e. The highest BCUT2D eigenvalue weighted by Crippen LogP contribution is 2.37. The van der Waals surface area contributed by atoms with Gasteiger partial charge in [0.05, 0.1) is 17.1 Å². The highest BCUT2D eigenvalue weighted by Gasteiger charge is 2.15. The fourth-order valence-electron chi connectivity index (χ4n) is 2.05. The van der Waals surface area contributed by atoms with Crippen LogP contribution >= 0.6 is 15.9 Å². The van der Waals surface area contributed by atoms with E-state index in [9.17, 15) is 0 Å². The SMILES string of the molecule is COc1cccc(Oc2ccc(C)cc2Br)c1[C@@H](C)N. The number of methoxy groups -OCH3 is 1. The first-order chi connectivity index (χ1) is 9.52. The largest absolute Gasteiger partial charge is 0.496 e. The van der Waals surface area contributed by atoms with Gasteiger partial charge in [-0.2, -0.15) is 0 Å². The number of hydrogen-bond acceptors (Lipinski definition) is 3. The maximum atomic E-state index is 6.04. The van der Waals surface area contributed by atoms with Crippen LogP contribution in [0, 0.1) is 6.92 Å². The third-order valence-corrected chi connectivity index (χ3v) is 3.63. The van der Waals surface area contributed by atoms with Crippen LogP contribution in [0.25, 0.3) is 0 Å². The van der Waals surface area contributed by atoms with E-state index in [1.165, 1.54) is 5.56 Å². The fourth-order valence-corrected chi connectivity index (χ4v) is 2.62. The number of nitrogens with two attached hydrogens (primary N) is 1. The third-order valence-electron chi connectivity index (χ3n) is 3.01. The topological polar surface area (TPSA) is 44.5 Å². The Balaban J connectivity index is 2.43. The minimum absolute atomic E-state index is 0.176. The molecule has 2 N–H and O–H groups in total. The molecule has 1 atom stereocenters. The second-order valence-electron chi connectivity index (χ2n) is 4.70. The van der Waals surface area contributed by atoms with Crippen molar-refractivity contribution in [3.63, 3.8) is 0 Å². The Bertz CT molecular complexity index is 611. The molecule has 0 radical (unpaired) electrons. The normalized spacial score (nSPS) is 12.1. The van der Waals surface area contributed by atoms with Crippen LogP contribution in [-0.2, 0) is 0 Å². The van der Waals surface area contributed by atoms with Crippen molar-refractivity contribution in [3.05, 3.63) is 52.0 Å². The average molecular weight is 336 g/mol. The second-order valence-corrected chi connectivity index (χ2v) is 5.55. The van der Waals surface area contributed by atoms with E-state index in [1.807, 2.05) is 50.2 Å². The molecule has 0 amide bonds. The zero-order chi connectivity index (χ0) is 14.7. The Hall–Kier alpha value is -1.52. The molecule has 0 saturated carbocycles. The van der Waals surface area contributed by atoms with E-state index in [0.717, 1.165) is 21.5 Å². The van der Waals surface area contributed by atoms with Gasteiger partial charge in [-0.05, 0) is 59.6 Å². The van der Waals surface area contributed by atoms with Crippen molar-refractivity contribution in [2.75, 3.05) is 7.11 Å². The summed E-state index contributed by atoms with van der Waals surface area (Å²) in [5.41, 5.74) is 8.07. The summed E-state index contributed by atoms with van der Waals surface area (Å²) in [6.45, 7) is 3.95. The molecule has 2 aromatic carbocycles. The van der Waals surface area contributed by atoms with Crippen LogP contribution in [0.3, 0.4) is 0 Å². The molecule has 0 spiro atoms. The van der Waals surface area contributed by atoms with Gasteiger partial charge in [0.25, 0.3) is 0 Å². The van der Waals surface area contributed by atoms with Gasteiger partial charge in [0.2, 0.25) is 0 Å². The monoisotopic (exact) mass is 335 g/mol. The van der Waals surface area contributed by atoms with Gasteiger partial charge in [0, 0.05) is 6.04 Å². The van der Waals surface area contributed by atoms with Crippen LogP contribution in [0.5, 0.6) is 17.2 Å². The number of rotatable bonds is 4. The molecular weight excluding hydrogens is 318 g/mol. The summed E-state index contributed by atoms with van der Waals surface area (Å²) < 4.78 is 12.3. The van der Waals surface area contributed by atoms with Crippen molar-refractivity contribution in [3.8, 4) is 17.2 Å². The molecule has 0 aliphatic carbocycles. The molecule has 20 heavy (non-hydrogen) atoms. The van der Waals surface area contributed by atoms with Gasteiger partial charge in [-0.1, -0.05) is 12.1 Å². The first kappa shape index (κ1) is 14.9. The summed E-state index contributed by atoms with van der Waals surface area (Å²) in [5.74, 6) is 2.20. The van der Waals surface area contributed by atoms with E-state index in [-0.39, 0.29) is 6.04 Å². The predicted octanol–water partition coefficient (Wildman–Crippen LogP) is 4.58. The Morgan fingerprint density at radius 3 is 2.40 bits per heavy atom. The zero-order valence-corrected chi connectivity index (χ0v) is 13.4. The minimum Gasteiger partial charge on any atom is -0.496 e. The third kappa shape index (κ3) is 3.14. The molecule has 4 heteroatoms. The van der Waals surface area contributed by atoms with E-state index < -0.39 is 0 Å². The van der Waals surface area contributed by atoms with E-state index in [4.69, 9.17) is 15.2 Å². The molecule has 106 valence electrons. The van der Waals surface area contributed by atoms with Gasteiger partial charge in [-0.25, -0.2) is 0 Å². The van der Waals surface area contributed by atoms with Crippen LogP contribution in [0.1, 0.15) is 24.1 Å². The lowest BCUT2D eigenvalue weighted by atomic mass is 10.1. The summed E-state index contributed by atoms with van der Waals surface area (Å²) in [4.78, 5) is 0. The van der Waals surface area contributed by atoms with E-state index in [0.29, 0.717) is 5.75 Å². The van der Waals surface area contributed by atoms with E-state index >= 15 is 0 Å². The fraction of sp³-hybridized carbons (Fsp3) is 0.250. The maximum absolute atomic E-state index is 6.04. The average Bonchev–Trinajstić information content (AvgIpc) is 2.41. The zero-order valence-electron chi connectivity index (χ0n) is 11.8. The Kier molecular flexibility index (Phi) is 4.68. The summed E-state index contributed by atoms with van der Waals surface area (Å²) in [7, 11) is 1.63. The molecular formula is C16H18BrNO2. The molecule has 0 unspecified atom stereocenters. The molecule has 2 rings (SSSR count). The molecule has 0 aliphatic heterocycles. The molecule has 0 aromatic heterocycles. The standard InChI is InChI=1S/C16H18BrNO2/c1-10-7-8-13(12(17)9-10)20-15-6-4-5-14(19-3)16(15)11(2)18/h4-9,11H,18H2,1-3H3/t11-/m1/s1. The number of halogens is 1. The van der Waals surface area contributed by atoms with Crippen molar-refractivity contribution < 1.29 is 9.47 Å². The quantitative estimate of drug-likeness (QED) is 0.889. The van der Waals surface area contributed by atoms with Crippen LogP contribution in [-0.4, -0.2) is 7.11 Å². The molecule has 3 nitrogen and oxygen atoms in total. The van der Waals surface area contributed by atoms with Crippen molar-refractivity contribution in [1.82, 2.24) is 0 Å². The smallest absolute Gasteiger partial charge is 0.141 e. The predicted molar refractivity (Wildman–Crippen MR) is 84.5 cm³/mol. The molecule has 0 aliphatic rings. The van der Waals surface area contributed by atoms with Gasteiger partial charge >= 0.3 is 0 Å². The lowest BCUT2D eigenvalue weighted by molar-refractivity contribution is 0.397. The van der Waals surface area contributed by atoms with Crippen LogP contribution in [0.2, 0.25) is 0 Å². The highest BCUT2D eigenvalue weighted by atomic mass is 79.9. The summed E-state index contributed by atoms with van der Waals surface area (Å²) in [6.07, 6.45) is 0. The number of benzene rings is 2. The van der Waals surface area contributed by atoms with Gasteiger partial charge in [0.15, 0.2) is 0 Å². The van der Waals surface area contributed by atoms with Crippen molar-refractivity contribution in [2.45, 2.75) is 19.9 Å². The minimum atomic E-state index is -0.176. The molecule has 0 bridgehead atoms. The van der Waals surface area contributed by atoms with Crippen LogP contribution in [0.4, 0.5) is 0 Å². The molecule has 2 aromatic rings. The summed E-state index contributed by atoms with van der Waals surface area (Å²) in [5, 5.41) is 0. The van der Waals surface area contributed by atoms with E-state index in [1.54, 1.807) is 7.11 Å². The second kappa shape index (κ2) is 6.29. The van der Waals surface area contributed by atoms with Gasteiger partial charge in [-0.3, -0.25) is 0 Å². The van der Waals surface area contributed by atoms with Crippen LogP contribution in [0.15, 0.2) is 40.9 Å². The number of aryl methyl sites for hydroxylation is 1. The van der Waals surface area contributed by atoms with Crippen LogP contribution < -0.4 is 15.2 Å². The molecule has 0 heterocycles. The first-order valence-electron chi connectivity index (χ1n) is 6.39. The van der Waals surface area contributed by atoms with Crippen molar-refractivity contribution >= 4 is 15.9 Å². The summed E-state index contributed by atoms with van der Waals surface area (Å²) >= 11 is 3.51. The first-order valence-corrected chi connectivity index (χ1v) is 7.18. The van der Waals surface area contributed by atoms with Gasteiger partial charge in [0.1, 0.15) is 17.2 Å². The van der Waals surface area contributed by atoms with Gasteiger partial charge in [-0.15, -0.1) is 0 Å². The Morgan fingerprint density at radius 2 is 1.80 bits per heavy atom. The lowest BCUT2D eigenvalue weighted by Crippen LogP contribution is -2.08. The highest BCUT2D eigenvalue weighted by molar-refractivity contribution is 9.10. The lowest BCUT2D eigenvalue weighted by Gasteiger charge is -2.17. The van der Waals surface area contributed by atoms with E-state index in [2.05, 4.69) is 15.9 Å². The molecule has 0 fully saturated rings. The van der Waals surface area contributed by atoms with Gasteiger partial charge < -0.3 is 15.2 Å².